The van der Waals surface area contributed by atoms with Gasteiger partial charge in [-0.1, -0.05) is 0 Å². The molecule has 0 aliphatic heterocycles. The number of methoxy groups -OCH3 is 3. The van der Waals surface area contributed by atoms with Crippen LogP contribution in [0.25, 0.3) is 5.69 Å². The molecule has 0 atom stereocenters. The van der Waals surface area contributed by atoms with E-state index in [2.05, 4.69) is 10.6 Å². The van der Waals surface area contributed by atoms with Gasteiger partial charge in [-0.2, -0.15) is 0 Å². The molecule has 9 nitrogen and oxygen atoms in total. The lowest BCUT2D eigenvalue weighted by Gasteiger charge is -2.09. The predicted octanol–water partition coefficient (Wildman–Crippen LogP) is 1.78. The molecule has 1 amide bonds. The highest BCUT2D eigenvalue weighted by molar-refractivity contribution is 7.99. The highest BCUT2D eigenvalue weighted by Crippen LogP contribution is 2.27. The maximum absolute atomic E-state index is 12.4. The maximum Gasteiger partial charge on any atom is 0.298 e. The standard InChI is InChI=1S/C19H19N3O6S/c1-25-14-6-4-13(5-7-14)22-18(19(24)28-21-22)29-11-17(23)20-12-8-15(26-2)10-16(9-12)27-3/h4-10H,11H2,1-3H3,(H-,20,21,23,24). The molecule has 0 spiro atoms. The second-order valence-electron chi connectivity index (χ2n) is 5.71. The van der Waals surface area contributed by atoms with Crippen LogP contribution >= 0.6 is 11.8 Å². The maximum atomic E-state index is 12.4. The number of hydrogen-bond donors (Lipinski definition) is 1. The summed E-state index contributed by atoms with van der Waals surface area (Å²) in [7, 11) is 4.61. The van der Waals surface area contributed by atoms with Gasteiger partial charge in [-0.3, -0.25) is 4.79 Å². The minimum Gasteiger partial charge on any atom is -0.538 e. The summed E-state index contributed by atoms with van der Waals surface area (Å²) in [6, 6.07) is 12.0. The fraction of sp³-hybridized carbons (Fsp3) is 0.211. The van der Waals surface area contributed by atoms with Crippen molar-refractivity contribution in [2.45, 2.75) is 5.03 Å². The number of aromatic nitrogens is 2. The van der Waals surface area contributed by atoms with Gasteiger partial charge in [0.15, 0.2) is 5.95 Å². The van der Waals surface area contributed by atoms with Crippen LogP contribution in [0, 0.1) is 0 Å². The Morgan fingerprint density at radius 2 is 1.69 bits per heavy atom. The Kier molecular flexibility index (Phi) is 6.45. The molecule has 1 N–H and O–H groups in total. The number of rotatable bonds is 8. The molecule has 0 fully saturated rings. The number of nitrogens with zero attached hydrogens (tertiary/aromatic N) is 2. The zero-order valence-corrected chi connectivity index (χ0v) is 16.8. The molecule has 0 saturated heterocycles. The summed E-state index contributed by atoms with van der Waals surface area (Å²) in [4.78, 5) is 12.4. The third-order valence-corrected chi connectivity index (χ3v) is 4.88. The molecule has 3 aromatic rings. The Bertz CT molecular complexity index is 968. The number of carbonyl (C=O) groups excluding carboxylic acids is 1. The number of anilines is 1. The molecule has 3 rings (SSSR count). The van der Waals surface area contributed by atoms with E-state index < -0.39 is 5.95 Å². The first-order valence-corrected chi connectivity index (χ1v) is 9.41. The van der Waals surface area contributed by atoms with Crippen LogP contribution in [0.15, 0.2) is 52.0 Å². The second kappa shape index (κ2) is 9.20. The van der Waals surface area contributed by atoms with Crippen molar-refractivity contribution < 1.29 is 33.3 Å². The summed E-state index contributed by atoms with van der Waals surface area (Å²) in [5.41, 5.74) is 1.12. The lowest BCUT2D eigenvalue weighted by atomic mass is 10.2. The molecule has 152 valence electrons. The van der Waals surface area contributed by atoms with Crippen LogP contribution in [0.4, 0.5) is 5.69 Å². The molecule has 0 aliphatic carbocycles. The minimum absolute atomic E-state index is 0.0217. The van der Waals surface area contributed by atoms with Gasteiger partial charge in [0.2, 0.25) is 11.6 Å². The van der Waals surface area contributed by atoms with Crippen LogP contribution in [0.2, 0.25) is 0 Å². The smallest absolute Gasteiger partial charge is 0.298 e. The normalized spacial score (nSPS) is 10.4. The van der Waals surface area contributed by atoms with E-state index in [-0.39, 0.29) is 16.7 Å². The summed E-state index contributed by atoms with van der Waals surface area (Å²) in [5.74, 6) is 0.805. The molecule has 0 saturated carbocycles. The van der Waals surface area contributed by atoms with Crippen molar-refractivity contribution in [1.29, 1.82) is 0 Å². The van der Waals surface area contributed by atoms with E-state index in [9.17, 15) is 9.90 Å². The highest BCUT2D eigenvalue weighted by Gasteiger charge is 2.22. The van der Waals surface area contributed by atoms with Gasteiger partial charge in [0.05, 0.1) is 32.4 Å². The first-order valence-electron chi connectivity index (χ1n) is 8.43. The number of hydrogen-bond acceptors (Lipinski definition) is 8. The Morgan fingerprint density at radius 3 is 2.28 bits per heavy atom. The summed E-state index contributed by atoms with van der Waals surface area (Å²) < 4.78 is 21.6. The van der Waals surface area contributed by atoms with Crippen molar-refractivity contribution >= 4 is 23.4 Å². The fourth-order valence-electron chi connectivity index (χ4n) is 2.46. The summed E-state index contributed by atoms with van der Waals surface area (Å²) in [6.45, 7) is 0. The lowest BCUT2D eigenvalue weighted by molar-refractivity contribution is -0.705. The third-order valence-electron chi connectivity index (χ3n) is 3.86. The van der Waals surface area contributed by atoms with Crippen molar-refractivity contribution in [3.63, 3.8) is 0 Å². The van der Waals surface area contributed by atoms with Crippen LogP contribution in [-0.4, -0.2) is 38.3 Å². The van der Waals surface area contributed by atoms with Gasteiger partial charge < -0.3 is 29.2 Å². The Hall–Kier alpha value is -3.40. The molecule has 10 heteroatoms. The van der Waals surface area contributed by atoms with Crippen LogP contribution < -0.4 is 29.3 Å². The summed E-state index contributed by atoms with van der Waals surface area (Å²) >= 11 is 1.02. The van der Waals surface area contributed by atoms with Crippen molar-refractivity contribution in [3.05, 3.63) is 42.5 Å². The van der Waals surface area contributed by atoms with Gasteiger partial charge in [0.25, 0.3) is 5.03 Å². The van der Waals surface area contributed by atoms with Crippen molar-refractivity contribution in [1.82, 2.24) is 5.27 Å². The van der Waals surface area contributed by atoms with E-state index in [1.807, 2.05) is 0 Å². The van der Waals surface area contributed by atoms with Crippen molar-refractivity contribution in [2.75, 3.05) is 32.4 Å². The molecule has 1 aromatic heterocycles. The number of nitrogens with one attached hydrogen (secondary N) is 1. The molecule has 2 aromatic carbocycles. The van der Waals surface area contributed by atoms with E-state index in [4.69, 9.17) is 18.7 Å². The van der Waals surface area contributed by atoms with Crippen LogP contribution in [0.3, 0.4) is 0 Å². The van der Waals surface area contributed by atoms with Gasteiger partial charge in [-0.15, -0.1) is 0 Å². The quantitative estimate of drug-likeness (QED) is 0.436. The fourth-order valence-corrected chi connectivity index (χ4v) is 3.22. The Balaban J connectivity index is 1.70. The molecule has 0 radical (unpaired) electrons. The second-order valence-corrected chi connectivity index (χ2v) is 6.68. The highest BCUT2D eigenvalue weighted by atomic mass is 32.2. The SMILES string of the molecule is COc1ccc(-[n+]2noc([O-])c2SCC(=O)Nc2cc(OC)cc(OC)c2)cc1. The monoisotopic (exact) mass is 417 g/mol. The number of thioether (sulfide) groups is 1. The van der Waals surface area contributed by atoms with Gasteiger partial charge in [0.1, 0.15) is 17.2 Å². The van der Waals surface area contributed by atoms with E-state index in [0.717, 1.165) is 11.8 Å². The molecule has 0 bridgehead atoms. The Labute approximate surface area is 171 Å². The van der Waals surface area contributed by atoms with Gasteiger partial charge >= 0.3 is 0 Å². The molecule has 29 heavy (non-hydrogen) atoms. The first-order chi connectivity index (χ1) is 14.0. The summed E-state index contributed by atoms with van der Waals surface area (Å²) in [6.07, 6.45) is 0. The average Bonchev–Trinajstić information content (AvgIpc) is 3.12. The van der Waals surface area contributed by atoms with Crippen LogP contribution in [0.1, 0.15) is 0 Å². The summed E-state index contributed by atoms with van der Waals surface area (Å²) in [5, 5.41) is 18.7. The molecule has 0 aliphatic rings. The first kappa shape index (κ1) is 20.3. The van der Waals surface area contributed by atoms with Gasteiger partial charge in [0, 0.05) is 36.0 Å². The molecular formula is C19H19N3O6S. The van der Waals surface area contributed by atoms with Crippen molar-refractivity contribution in [2.24, 2.45) is 0 Å². The molecular weight excluding hydrogens is 398 g/mol. The van der Waals surface area contributed by atoms with Crippen LogP contribution in [0.5, 0.6) is 23.2 Å². The minimum atomic E-state index is -0.623. The lowest BCUT2D eigenvalue weighted by Crippen LogP contribution is -2.35. The molecule has 0 unspecified atom stereocenters. The van der Waals surface area contributed by atoms with Crippen molar-refractivity contribution in [3.8, 4) is 28.9 Å². The number of carbonyl (C=O) groups is 1. The largest absolute Gasteiger partial charge is 0.538 e. The topological polar surface area (TPSA) is 110 Å². The third kappa shape index (κ3) is 4.91. The van der Waals surface area contributed by atoms with Gasteiger partial charge in [-0.05, 0) is 28.6 Å². The van der Waals surface area contributed by atoms with E-state index in [1.165, 1.54) is 18.9 Å². The number of ether oxygens (including phenoxy) is 3. The van der Waals surface area contributed by atoms with E-state index >= 15 is 0 Å². The predicted molar refractivity (Wildman–Crippen MR) is 103 cm³/mol. The average molecular weight is 417 g/mol. The van der Waals surface area contributed by atoms with Gasteiger partial charge in [-0.25, -0.2) is 0 Å². The van der Waals surface area contributed by atoms with E-state index in [0.29, 0.717) is 28.6 Å². The zero-order valence-electron chi connectivity index (χ0n) is 16.0. The number of benzene rings is 2. The Morgan fingerprint density at radius 1 is 1.07 bits per heavy atom. The zero-order chi connectivity index (χ0) is 20.8. The number of amides is 1. The molecule has 1 heterocycles. The van der Waals surface area contributed by atoms with Crippen LogP contribution in [-0.2, 0) is 4.79 Å². The van der Waals surface area contributed by atoms with E-state index in [1.54, 1.807) is 49.6 Å².